The summed E-state index contributed by atoms with van der Waals surface area (Å²) in [5.74, 6) is 0.443. The average Bonchev–Trinajstić information content (AvgIpc) is 3.42. The van der Waals surface area contributed by atoms with Crippen LogP contribution >= 0.6 is 12.6 Å². The molecule has 3 atom stereocenters. The van der Waals surface area contributed by atoms with Gasteiger partial charge in [-0.3, -0.25) is 25.0 Å². The highest BCUT2D eigenvalue weighted by Crippen LogP contribution is 2.25. The van der Waals surface area contributed by atoms with Gasteiger partial charge >= 0.3 is 5.97 Å². The van der Waals surface area contributed by atoms with E-state index in [2.05, 4.69) is 45.6 Å². The Morgan fingerprint density at radius 2 is 0.987 bits per heavy atom. The molecule has 0 spiro atoms. The number of carbonyl (C=O) groups excluding carboxylic acids is 2. The van der Waals surface area contributed by atoms with Crippen LogP contribution in [0.3, 0.4) is 0 Å². The molecule has 2 aromatic carbocycles. The molecule has 0 fully saturated rings. The summed E-state index contributed by atoms with van der Waals surface area (Å²) >= 11 is 3.90. The van der Waals surface area contributed by atoms with Crippen molar-refractivity contribution in [3.05, 3.63) is 68.8 Å². The summed E-state index contributed by atoms with van der Waals surface area (Å²) in [5.41, 5.74) is -0.0397. The Morgan fingerprint density at radius 3 is 1.49 bits per heavy atom. The number of nitro groups is 2. The zero-order chi connectivity index (χ0) is 56.1. The molecule has 0 bridgehead atoms. The number of hydrogen-bond acceptors (Lipinski definition) is 11. The third-order valence-electron chi connectivity index (χ3n) is 13.8. The second-order valence-corrected chi connectivity index (χ2v) is 22.4. The molecule has 0 saturated heterocycles. The van der Waals surface area contributed by atoms with E-state index in [9.17, 15) is 34.0 Å². The number of rotatable bonds is 49. The van der Waals surface area contributed by atoms with Gasteiger partial charge in [0.25, 0.3) is 11.4 Å². The molecule has 0 aliphatic rings. The van der Waals surface area contributed by atoms with E-state index in [1.807, 2.05) is 4.31 Å². The molecular weight excluding hydrogens is 997 g/mol. The zero-order valence-electron chi connectivity index (χ0n) is 48.5. The summed E-state index contributed by atoms with van der Waals surface area (Å²) in [6.07, 6.45) is 40.8. The molecule has 0 aliphatic heterocycles. The number of esters is 1. The topological polar surface area (TPSA) is 171 Å². The van der Waals surface area contributed by atoms with Gasteiger partial charge in [-0.25, -0.2) is 8.51 Å². The molecule has 0 amide bonds. The van der Waals surface area contributed by atoms with Gasteiger partial charge in [0.15, 0.2) is 0 Å². The minimum atomic E-state index is -1.57. The molecule has 0 saturated carbocycles. The van der Waals surface area contributed by atoms with Gasteiger partial charge in [-0.1, -0.05) is 206 Å². The number of nitrogens with zero attached hydrogens (tertiary/aromatic N) is 3. The number of methoxy groups -OCH3 is 1. The normalized spacial score (nSPS) is 12.2. The maximum absolute atomic E-state index is 13.4. The van der Waals surface area contributed by atoms with E-state index in [-0.39, 0.29) is 28.2 Å². The van der Waals surface area contributed by atoms with Crippen LogP contribution in [0.1, 0.15) is 246 Å². The molecule has 3 unspecified atom stereocenters. The first-order valence-electron chi connectivity index (χ1n) is 30.2. The number of hydrogen-bond donors (Lipinski definition) is 2. The van der Waals surface area contributed by atoms with Gasteiger partial charge in [0.1, 0.15) is 22.2 Å². The molecule has 0 aliphatic carbocycles. The third kappa shape index (κ3) is 40.9. The van der Waals surface area contributed by atoms with E-state index in [1.54, 1.807) is 43.5 Å². The number of ether oxygens (including phenoxy) is 2. The molecular formula is C61H108N4O9S2. The lowest BCUT2D eigenvalue weighted by atomic mass is 9.94. The molecule has 0 radical (unpaired) electrons. The highest BCUT2D eigenvalue weighted by Gasteiger charge is 2.23. The van der Waals surface area contributed by atoms with Crippen LogP contribution in [0.2, 0.25) is 0 Å². The number of carbonyl (C=O) groups is 2. The van der Waals surface area contributed by atoms with Crippen molar-refractivity contribution in [2.75, 3.05) is 46.5 Å². The van der Waals surface area contributed by atoms with Crippen LogP contribution in [0.15, 0.2) is 58.3 Å². The van der Waals surface area contributed by atoms with E-state index >= 15 is 0 Å². The first-order chi connectivity index (χ1) is 37.0. The predicted molar refractivity (Wildman–Crippen MR) is 320 cm³/mol. The standard InChI is InChI=1S/C39H71N3O6S.C16H32O.C6H5NO2S/c1-4-6-8-10-11-17-27-36(26-16-9-7-5-2)39(43)48-35-25-14-12-20-30-40-31-21-23-33-41(32-22-13-15-24-34-47-3)49(46)38-29-19-18-28-37(38)42(44)45;1-3-5-7-9-10-12-14-16(15-17)13-11-8-6-4-2;8-7(9)5-3-1-2-4-6(5)10/h18-19,28-29,36,40H,4-17,20-27,30-35H2,1-3H3;15-16H,3-14H2,1-2H3;1-4,10H. The molecule has 13 nitrogen and oxygen atoms in total. The van der Waals surface area contributed by atoms with Crippen LogP contribution in [0.4, 0.5) is 11.4 Å². The van der Waals surface area contributed by atoms with Gasteiger partial charge in [0.05, 0.1) is 27.3 Å². The molecule has 1 N–H and O–H groups in total. The molecule has 15 heteroatoms. The van der Waals surface area contributed by atoms with Crippen LogP contribution in [0.5, 0.6) is 0 Å². The number of unbranched alkanes of at least 4 members (excludes halogenated alkanes) is 23. The van der Waals surface area contributed by atoms with Crippen molar-refractivity contribution in [3.8, 4) is 0 Å². The van der Waals surface area contributed by atoms with Crippen molar-refractivity contribution < 1.29 is 33.1 Å². The molecule has 438 valence electrons. The smallest absolute Gasteiger partial charge is 0.308 e. The lowest BCUT2D eigenvalue weighted by Gasteiger charge is -2.21. The van der Waals surface area contributed by atoms with Gasteiger partial charge < -0.3 is 19.6 Å². The Hall–Kier alpha value is -3.24. The molecule has 2 rings (SSSR count). The van der Waals surface area contributed by atoms with Crippen molar-refractivity contribution >= 4 is 47.2 Å². The number of thiol groups is 1. The van der Waals surface area contributed by atoms with Crippen LogP contribution < -0.4 is 5.32 Å². The van der Waals surface area contributed by atoms with Crippen LogP contribution in [0, 0.1) is 32.1 Å². The van der Waals surface area contributed by atoms with E-state index in [4.69, 9.17) is 9.47 Å². The largest absolute Gasteiger partial charge is 0.465 e. The van der Waals surface area contributed by atoms with Crippen LogP contribution in [-0.2, 0) is 30.0 Å². The first kappa shape index (κ1) is 72.8. The zero-order valence-corrected chi connectivity index (χ0v) is 50.2. The van der Waals surface area contributed by atoms with Crippen molar-refractivity contribution in [3.63, 3.8) is 0 Å². The van der Waals surface area contributed by atoms with Crippen molar-refractivity contribution in [1.82, 2.24) is 9.62 Å². The number of nitro benzene ring substituents is 2. The van der Waals surface area contributed by atoms with E-state index in [0.29, 0.717) is 30.5 Å². The van der Waals surface area contributed by atoms with Gasteiger partial charge in [-0.2, -0.15) is 0 Å². The van der Waals surface area contributed by atoms with Crippen LogP contribution in [0.25, 0.3) is 0 Å². The Bertz CT molecular complexity index is 1720. The lowest BCUT2D eigenvalue weighted by molar-refractivity contribution is -0.387. The molecule has 2 aromatic rings. The highest BCUT2D eigenvalue weighted by molar-refractivity contribution is 7.82. The summed E-state index contributed by atoms with van der Waals surface area (Å²) in [6.45, 7) is 13.3. The number of para-hydroxylation sites is 2. The monoisotopic (exact) mass is 1100 g/mol. The fraction of sp³-hybridized carbons (Fsp3) is 0.770. The average molecular weight is 1110 g/mol. The third-order valence-corrected chi connectivity index (χ3v) is 15.7. The summed E-state index contributed by atoms with van der Waals surface area (Å²) in [4.78, 5) is 45.3. The van der Waals surface area contributed by atoms with Crippen molar-refractivity contribution in [2.24, 2.45) is 11.8 Å². The predicted octanol–water partition coefficient (Wildman–Crippen LogP) is 17.3. The maximum Gasteiger partial charge on any atom is 0.308 e. The van der Waals surface area contributed by atoms with Gasteiger partial charge in [0.2, 0.25) is 0 Å². The van der Waals surface area contributed by atoms with Gasteiger partial charge in [0, 0.05) is 44.9 Å². The maximum atomic E-state index is 13.4. The molecule has 0 heterocycles. The summed E-state index contributed by atoms with van der Waals surface area (Å²) < 4.78 is 26.2. The number of benzene rings is 2. The van der Waals surface area contributed by atoms with Crippen molar-refractivity contribution in [1.29, 1.82) is 0 Å². The Morgan fingerprint density at radius 1 is 0.579 bits per heavy atom. The fourth-order valence-electron chi connectivity index (χ4n) is 9.01. The van der Waals surface area contributed by atoms with Gasteiger partial charge in [-0.15, -0.1) is 12.6 Å². The SMILES string of the molecule is CCCCCCCCC(C=O)CCCCCC.CCCCCCCCC(CCCCCC)C(=O)OCCCCCCNCCCCN(CCCCCCOC)S(=O)c1ccccc1[N+](=O)[O-].O=[N+]([O-])c1ccccc1S. The molecule has 0 aromatic heterocycles. The second kappa shape index (κ2) is 53.7. The van der Waals surface area contributed by atoms with E-state index in [1.165, 1.54) is 134 Å². The van der Waals surface area contributed by atoms with Crippen molar-refractivity contribution in [2.45, 2.75) is 256 Å². The number of aldehydes is 1. The Balaban J connectivity index is 0.00000168. The second-order valence-electron chi connectivity index (χ2n) is 20.5. The first-order valence-corrected chi connectivity index (χ1v) is 31.7. The lowest BCUT2D eigenvalue weighted by Crippen LogP contribution is -2.29. The minimum Gasteiger partial charge on any atom is -0.465 e. The quantitative estimate of drug-likeness (QED) is 0.0162. The van der Waals surface area contributed by atoms with E-state index in [0.717, 1.165) is 122 Å². The Labute approximate surface area is 470 Å². The highest BCUT2D eigenvalue weighted by atomic mass is 32.2. The number of nitrogens with one attached hydrogen (secondary N) is 1. The Kier molecular flexibility index (Phi) is 51.5. The molecule has 76 heavy (non-hydrogen) atoms. The summed E-state index contributed by atoms with van der Waals surface area (Å²) in [5, 5.41) is 25.2. The fourth-order valence-corrected chi connectivity index (χ4v) is 10.6. The van der Waals surface area contributed by atoms with Gasteiger partial charge in [-0.05, 0) is 89.4 Å². The minimum absolute atomic E-state index is 0.0261. The van der Waals surface area contributed by atoms with Crippen LogP contribution in [-0.4, -0.2) is 77.1 Å². The summed E-state index contributed by atoms with van der Waals surface area (Å²) in [6, 6.07) is 12.7. The van der Waals surface area contributed by atoms with E-state index < -0.39 is 20.8 Å². The summed E-state index contributed by atoms with van der Waals surface area (Å²) in [7, 11) is 0.131.